The number of anilines is 1. The number of carbonyl (C=O) groups is 1. The minimum absolute atomic E-state index is 0.0236. The van der Waals surface area contributed by atoms with Gasteiger partial charge in [0.1, 0.15) is 0 Å². The Morgan fingerprint density at radius 3 is 3.00 bits per heavy atom. The van der Waals surface area contributed by atoms with Crippen LogP contribution >= 0.6 is 0 Å². The maximum absolute atomic E-state index is 11.3. The lowest BCUT2D eigenvalue weighted by Crippen LogP contribution is -2.19. The van der Waals surface area contributed by atoms with E-state index in [1.165, 1.54) is 22.0 Å². The number of amides is 1. The van der Waals surface area contributed by atoms with Crippen molar-refractivity contribution in [3.63, 3.8) is 0 Å². The topological polar surface area (TPSA) is 48.1 Å². The molecule has 1 aromatic heterocycles. The molecule has 1 fully saturated rings. The summed E-state index contributed by atoms with van der Waals surface area (Å²) in [7, 11) is 0. The first-order chi connectivity index (χ1) is 12.2. The molecular weight excluding hydrogens is 310 g/mol. The smallest absolute Gasteiger partial charge is 0.221 e. The number of aromatic amines is 1. The highest BCUT2D eigenvalue weighted by atomic mass is 16.1. The second-order valence-electron chi connectivity index (χ2n) is 6.89. The molecule has 1 atom stereocenters. The average molecular weight is 333 g/mol. The molecule has 0 radical (unpaired) electrons. The van der Waals surface area contributed by atoms with Gasteiger partial charge in [-0.25, -0.2) is 0 Å². The van der Waals surface area contributed by atoms with Gasteiger partial charge in [-0.05, 0) is 48.2 Å². The van der Waals surface area contributed by atoms with Gasteiger partial charge < -0.3 is 10.3 Å². The summed E-state index contributed by atoms with van der Waals surface area (Å²) in [5, 5.41) is 4.20. The van der Waals surface area contributed by atoms with E-state index in [9.17, 15) is 4.79 Å². The molecule has 3 aromatic rings. The fourth-order valence-electron chi connectivity index (χ4n) is 3.83. The van der Waals surface area contributed by atoms with Gasteiger partial charge in [-0.3, -0.25) is 9.69 Å². The molecule has 25 heavy (non-hydrogen) atoms. The van der Waals surface area contributed by atoms with Crippen LogP contribution in [0.15, 0.2) is 54.7 Å². The van der Waals surface area contributed by atoms with Crippen LogP contribution in [0.25, 0.3) is 10.9 Å². The van der Waals surface area contributed by atoms with Gasteiger partial charge in [0.05, 0.1) is 0 Å². The summed E-state index contributed by atoms with van der Waals surface area (Å²) in [5.41, 5.74) is 4.77. The molecule has 0 bridgehead atoms. The summed E-state index contributed by atoms with van der Waals surface area (Å²) < 4.78 is 0. The molecule has 0 spiro atoms. The van der Waals surface area contributed by atoms with Crippen molar-refractivity contribution in [3.05, 3.63) is 65.9 Å². The predicted octanol–water partition coefficient (Wildman–Crippen LogP) is 4.12. The highest BCUT2D eigenvalue weighted by molar-refractivity contribution is 5.88. The van der Waals surface area contributed by atoms with Gasteiger partial charge in [-0.2, -0.15) is 0 Å². The molecule has 1 aliphatic heterocycles. The van der Waals surface area contributed by atoms with Gasteiger partial charge in [-0.15, -0.1) is 0 Å². The average Bonchev–Trinajstić information content (AvgIpc) is 3.23. The van der Waals surface area contributed by atoms with E-state index in [1.807, 2.05) is 12.1 Å². The number of nitrogens with zero attached hydrogens (tertiary/aromatic N) is 1. The number of aromatic nitrogens is 1. The van der Waals surface area contributed by atoms with E-state index >= 15 is 0 Å². The number of para-hydroxylation sites is 1. The van der Waals surface area contributed by atoms with Gasteiger partial charge in [0.25, 0.3) is 0 Å². The molecular formula is C21H23N3O. The van der Waals surface area contributed by atoms with E-state index in [-0.39, 0.29) is 5.91 Å². The molecule has 1 aliphatic rings. The van der Waals surface area contributed by atoms with Crippen LogP contribution in [-0.4, -0.2) is 28.9 Å². The molecule has 2 aromatic carbocycles. The normalized spacial score (nSPS) is 17.9. The summed E-state index contributed by atoms with van der Waals surface area (Å²) in [6.07, 6.45) is 3.29. The summed E-state index contributed by atoms with van der Waals surface area (Å²) in [6.45, 7) is 4.69. The van der Waals surface area contributed by atoms with Crippen LogP contribution in [0.1, 0.15) is 30.4 Å². The van der Waals surface area contributed by atoms with Crippen LogP contribution < -0.4 is 5.32 Å². The minimum atomic E-state index is -0.0236. The van der Waals surface area contributed by atoms with Crippen LogP contribution in [0.5, 0.6) is 0 Å². The third-order valence-electron chi connectivity index (χ3n) is 5.02. The Hall–Kier alpha value is -2.59. The van der Waals surface area contributed by atoms with Crippen LogP contribution in [0.2, 0.25) is 0 Å². The molecule has 4 heteroatoms. The number of fused-ring (bicyclic) bond motifs is 1. The number of carbonyl (C=O) groups excluding carboxylic acids is 1. The van der Waals surface area contributed by atoms with E-state index in [0.29, 0.717) is 5.92 Å². The highest BCUT2D eigenvalue weighted by Gasteiger charge is 2.24. The van der Waals surface area contributed by atoms with Crippen LogP contribution in [-0.2, 0) is 11.3 Å². The minimum Gasteiger partial charge on any atom is -0.361 e. The van der Waals surface area contributed by atoms with Gasteiger partial charge in [0.15, 0.2) is 0 Å². The number of rotatable bonds is 4. The fraction of sp³-hybridized carbons (Fsp3) is 0.286. The third kappa shape index (κ3) is 3.44. The van der Waals surface area contributed by atoms with Crippen LogP contribution in [0.4, 0.5) is 5.69 Å². The Labute approximate surface area is 147 Å². The summed E-state index contributed by atoms with van der Waals surface area (Å²) in [6, 6.07) is 16.7. The van der Waals surface area contributed by atoms with Gasteiger partial charge in [-0.1, -0.05) is 30.3 Å². The zero-order chi connectivity index (χ0) is 17.2. The molecule has 1 amide bonds. The molecule has 128 valence electrons. The number of nitrogens with one attached hydrogen (secondary N) is 2. The maximum Gasteiger partial charge on any atom is 0.221 e. The second-order valence-corrected chi connectivity index (χ2v) is 6.89. The van der Waals surface area contributed by atoms with Crippen molar-refractivity contribution in [1.29, 1.82) is 0 Å². The van der Waals surface area contributed by atoms with Crippen molar-refractivity contribution in [3.8, 4) is 0 Å². The van der Waals surface area contributed by atoms with Crippen molar-refractivity contribution < 1.29 is 4.79 Å². The lowest BCUT2D eigenvalue weighted by atomic mass is 9.98. The van der Waals surface area contributed by atoms with Gasteiger partial charge >= 0.3 is 0 Å². The monoisotopic (exact) mass is 333 g/mol. The Morgan fingerprint density at radius 2 is 2.12 bits per heavy atom. The van der Waals surface area contributed by atoms with Gasteiger partial charge in [0, 0.05) is 42.8 Å². The summed E-state index contributed by atoms with van der Waals surface area (Å²) >= 11 is 0. The largest absolute Gasteiger partial charge is 0.361 e. The lowest BCUT2D eigenvalue weighted by Gasteiger charge is -2.16. The first-order valence-corrected chi connectivity index (χ1v) is 8.84. The number of hydrogen-bond acceptors (Lipinski definition) is 2. The quantitative estimate of drug-likeness (QED) is 0.754. The highest BCUT2D eigenvalue weighted by Crippen LogP contribution is 2.30. The Bertz CT molecular complexity index is 899. The third-order valence-corrected chi connectivity index (χ3v) is 5.02. The molecule has 4 nitrogen and oxygen atoms in total. The Kier molecular flexibility index (Phi) is 4.28. The van der Waals surface area contributed by atoms with E-state index in [2.05, 4.69) is 57.8 Å². The van der Waals surface area contributed by atoms with Crippen molar-refractivity contribution in [2.45, 2.75) is 25.8 Å². The number of likely N-dealkylation sites (tertiary alicyclic amines) is 1. The second kappa shape index (κ2) is 6.73. The molecule has 4 rings (SSSR count). The van der Waals surface area contributed by atoms with E-state index in [0.717, 1.165) is 31.7 Å². The first-order valence-electron chi connectivity index (χ1n) is 8.84. The van der Waals surface area contributed by atoms with Crippen LogP contribution in [0.3, 0.4) is 0 Å². The van der Waals surface area contributed by atoms with E-state index in [4.69, 9.17) is 0 Å². The van der Waals surface area contributed by atoms with Crippen molar-refractivity contribution in [2.24, 2.45) is 0 Å². The van der Waals surface area contributed by atoms with Gasteiger partial charge in [0.2, 0.25) is 5.91 Å². The molecule has 2 heterocycles. The maximum atomic E-state index is 11.3. The van der Waals surface area contributed by atoms with E-state index < -0.39 is 0 Å². The number of H-pyrrole nitrogens is 1. The number of hydrogen-bond donors (Lipinski definition) is 2. The van der Waals surface area contributed by atoms with E-state index in [1.54, 1.807) is 6.92 Å². The molecule has 2 N–H and O–H groups in total. The zero-order valence-corrected chi connectivity index (χ0v) is 14.5. The molecule has 0 saturated carbocycles. The van der Waals surface area contributed by atoms with Crippen molar-refractivity contribution in [1.82, 2.24) is 9.88 Å². The Balaban J connectivity index is 1.45. The molecule has 0 aliphatic carbocycles. The summed E-state index contributed by atoms with van der Waals surface area (Å²) in [4.78, 5) is 17.1. The SMILES string of the molecule is CC(=O)Nc1cccc(C2CCN(Cc3c[nH]c4ccccc34)C2)c1. The zero-order valence-electron chi connectivity index (χ0n) is 14.5. The standard InChI is InChI=1S/C21H23N3O/c1-15(25)23-19-6-4-5-16(11-19)17-9-10-24(13-17)14-18-12-22-21-8-3-2-7-20(18)21/h2-8,11-12,17,22H,9-10,13-14H2,1H3,(H,23,25). The lowest BCUT2D eigenvalue weighted by molar-refractivity contribution is -0.114. The van der Waals surface area contributed by atoms with Crippen molar-refractivity contribution >= 4 is 22.5 Å². The molecule has 1 saturated heterocycles. The van der Waals surface area contributed by atoms with Crippen LogP contribution in [0, 0.1) is 0 Å². The summed E-state index contributed by atoms with van der Waals surface area (Å²) in [5.74, 6) is 0.503. The van der Waals surface area contributed by atoms with Crippen molar-refractivity contribution in [2.75, 3.05) is 18.4 Å². The first kappa shape index (κ1) is 15.9. The predicted molar refractivity (Wildman–Crippen MR) is 102 cm³/mol. The number of benzene rings is 2. The molecule has 1 unspecified atom stereocenters. The Morgan fingerprint density at radius 1 is 1.24 bits per heavy atom. The fourth-order valence-corrected chi connectivity index (χ4v) is 3.83.